The molecule has 1 heterocycles. The van der Waals surface area contributed by atoms with Crippen LogP contribution in [-0.2, 0) is 13.1 Å². The maximum absolute atomic E-state index is 14.0. The van der Waals surface area contributed by atoms with Gasteiger partial charge in [0.25, 0.3) is 0 Å². The lowest BCUT2D eigenvalue weighted by atomic mass is 10.1. The number of nitrogens with zero attached hydrogens (tertiary/aromatic N) is 2. The molecule has 0 unspecified atom stereocenters. The summed E-state index contributed by atoms with van der Waals surface area (Å²) in [6.07, 6.45) is 4.04. The van der Waals surface area contributed by atoms with Gasteiger partial charge in [-0.2, -0.15) is 0 Å². The van der Waals surface area contributed by atoms with Gasteiger partial charge in [-0.15, -0.1) is 0 Å². The summed E-state index contributed by atoms with van der Waals surface area (Å²) in [5, 5.41) is 8.87. The fourth-order valence-electron chi connectivity index (χ4n) is 2.04. The Bertz CT molecular complexity index is 688. The van der Waals surface area contributed by atoms with Crippen LogP contribution in [0.1, 0.15) is 29.3 Å². The van der Waals surface area contributed by atoms with Crippen molar-refractivity contribution in [3.8, 4) is 0 Å². The summed E-state index contributed by atoms with van der Waals surface area (Å²) in [4.78, 5) is 22.9. The summed E-state index contributed by atoms with van der Waals surface area (Å²) >= 11 is 0. The van der Waals surface area contributed by atoms with Gasteiger partial charge >= 0.3 is 11.7 Å². The minimum Gasteiger partial charge on any atom is -0.478 e. The summed E-state index contributed by atoms with van der Waals surface area (Å²) in [5.74, 6) is -2.12. The van der Waals surface area contributed by atoms with Crippen LogP contribution in [0.4, 0.5) is 4.39 Å². The number of hydrogen-bond donors (Lipinski definition) is 1. The van der Waals surface area contributed by atoms with Gasteiger partial charge in [-0.1, -0.05) is 19.1 Å². The monoisotopic (exact) mass is 278 g/mol. The highest BCUT2D eigenvalue weighted by Gasteiger charge is 2.14. The highest BCUT2D eigenvalue weighted by molar-refractivity contribution is 5.88. The zero-order chi connectivity index (χ0) is 14.7. The molecule has 0 saturated heterocycles. The first-order chi connectivity index (χ1) is 9.54. The second kappa shape index (κ2) is 5.73. The van der Waals surface area contributed by atoms with E-state index >= 15 is 0 Å². The van der Waals surface area contributed by atoms with Crippen LogP contribution in [0.25, 0.3) is 0 Å². The van der Waals surface area contributed by atoms with Gasteiger partial charge in [0, 0.05) is 24.5 Å². The molecule has 0 aliphatic rings. The molecular weight excluding hydrogens is 263 g/mol. The molecule has 1 aromatic carbocycles. The van der Waals surface area contributed by atoms with Crippen LogP contribution in [0.5, 0.6) is 0 Å². The third-order valence-corrected chi connectivity index (χ3v) is 3.03. The van der Waals surface area contributed by atoms with Crippen LogP contribution < -0.4 is 5.69 Å². The Morgan fingerprint density at radius 1 is 1.30 bits per heavy atom. The van der Waals surface area contributed by atoms with E-state index in [1.807, 2.05) is 6.92 Å². The molecule has 0 aliphatic heterocycles. The van der Waals surface area contributed by atoms with Crippen molar-refractivity contribution in [2.24, 2.45) is 0 Å². The molecule has 0 fully saturated rings. The highest BCUT2D eigenvalue weighted by Crippen LogP contribution is 2.14. The van der Waals surface area contributed by atoms with Crippen LogP contribution in [0.3, 0.4) is 0 Å². The Kier molecular flexibility index (Phi) is 4.02. The average Bonchev–Trinajstić information content (AvgIpc) is 2.74. The van der Waals surface area contributed by atoms with Crippen molar-refractivity contribution in [1.29, 1.82) is 0 Å². The third-order valence-electron chi connectivity index (χ3n) is 3.03. The Balaban J connectivity index is 2.33. The summed E-state index contributed by atoms with van der Waals surface area (Å²) in [7, 11) is 0. The molecule has 1 aromatic heterocycles. The zero-order valence-corrected chi connectivity index (χ0v) is 11.0. The molecule has 0 radical (unpaired) electrons. The van der Waals surface area contributed by atoms with Crippen LogP contribution >= 0.6 is 0 Å². The van der Waals surface area contributed by atoms with E-state index in [9.17, 15) is 14.0 Å². The van der Waals surface area contributed by atoms with Crippen molar-refractivity contribution >= 4 is 5.97 Å². The SMILES string of the molecule is CCCn1ccn(Cc2cccc(C(=O)O)c2F)c1=O. The summed E-state index contributed by atoms with van der Waals surface area (Å²) in [5.41, 5.74) is -0.434. The van der Waals surface area contributed by atoms with E-state index in [0.29, 0.717) is 6.54 Å². The maximum Gasteiger partial charge on any atom is 0.338 e. The third kappa shape index (κ3) is 2.64. The number of aryl methyl sites for hydroxylation is 1. The molecule has 20 heavy (non-hydrogen) atoms. The van der Waals surface area contributed by atoms with Gasteiger partial charge in [-0.3, -0.25) is 9.13 Å². The Morgan fingerprint density at radius 3 is 2.65 bits per heavy atom. The minimum absolute atomic E-state index is 0.0164. The minimum atomic E-state index is -1.32. The summed E-state index contributed by atoms with van der Waals surface area (Å²) < 4.78 is 16.9. The van der Waals surface area contributed by atoms with Crippen molar-refractivity contribution in [2.45, 2.75) is 26.4 Å². The number of imidazole rings is 1. The second-order valence-electron chi connectivity index (χ2n) is 4.49. The van der Waals surface area contributed by atoms with Crippen LogP contribution in [0.2, 0.25) is 0 Å². The van der Waals surface area contributed by atoms with Gasteiger partial charge in [0.15, 0.2) is 0 Å². The molecule has 106 valence electrons. The number of rotatable bonds is 5. The molecule has 5 nitrogen and oxygen atoms in total. The number of carbonyl (C=O) groups is 1. The van der Waals surface area contributed by atoms with Crippen molar-refractivity contribution in [3.63, 3.8) is 0 Å². The van der Waals surface area contributed by atoms with Gasteiger partial charge < -0.3 is 5.11 Å². The average molecular weight is 278 g/mol. The lowest BCUT2D eigenvalue weighted by Crippen LogP contribution is -2.24. The highest BCUT2D eigenvalue weighted by atomic mass is 19.1. The van der Waals surface area contributed by atoms with Gasteiger partial charge in [-0.25, -0.2) is 14.0 Å². The van der Waals surface area contributed by atoms with Gasteiger partial charge in [0.2, 0.25) is 0 Å². The van der Waals surface area contributed by atoms with E-state index in [1.54, 1.807) is 17.0 Å². The van der Waals surface area contributed by atoms with E-state index in [0.717, 1.165) is 6.42 Å². The van der Waals surface area contributed by atoms with E-state index in [4.69, 9.17) is 5.11 Å². The smallest absolute Gasteiger partial charge is 0.338 e. The van der Waals surface area contributed by atoms with Crippen LogP contribution in [0.15, 0.2) is 35.4 Å². The molecule has 0 atom stereocenters. The first-order valence-corrected chi connectivity index (χ1v) is 6.30. The molecule has 0 spiro atoms. The zero-order valence-electron chi connectivity index (χ0n) is 11.0. The van der Waals surface area contributed by atoms with E-state index < -0.39 is 11.8 Å². The number of hydrogen-bond acceptors (Lipinski definition) is 2. The molecule has 1 N–H and O–H groups in total. The maximum atomic E-state index is 14.0. The molecule has 0 saturated carbocycles. The van der Waals surface area contributed by atoms with Gasteiger partial charge in [0.1, 0.15) is 5.82 Å². The lowest BCUT2D eigenvalue weighted by Gasteiger charge is -2.06. The van der Waals surface area contributed by atoms with Gasteiger partial charge in [0.05, 0.1) is 12.1 Å². The fourth-order valence-corrected chi connectivity index (χ4v) is 2.04. The molecule has 2 aromatic rings. The first kappa shape index (κ1) is 14.0. The van der Waals surface area contributed by atoms with E-state index in [2.05, 4.69) is 0 Å². The van der Waals surface area contributed by atoms with Crippen LogP contribution in [-0.4, -0.2) is 20.2 Å². The summed E-state index contributed by atoms with van der Waals surface area (Å²) in [6, 6.07) is 4.15. The van der Waals surface area contributed by atoms with Crippen molar-refractivity contribution in [2.75, 3.05) is 0 Å². The predicted octanol–water partition coefficient (Wildman–Crippen LogP) is 1.95. The Morgan fingerprint density at radius 2 is 2.00 bits per heavy atom. The molecular formula is C14H15FN2O3. The normalized spacial score (nSPS) is 10.7. The van der Waals surface area contributed by atoms with Crippen molar-refractivity contribution in [3.05, 3.63) is 58.0 Å². The number of carboxylic acid groups (broad SMARTS) is 1. The standard InChI is InChI=1S/C14H15FN2O3/c1-2-6-16-7-8-17(14(16)20)9-10-4-3-5-11(12(10)15)13(18)19/h3-5,7-8H,2,6,9H2,1H3,(H,18,19). The quantitative estimate of drug-likeness (QED) is 0.909. The largest absolute Gasteiger partial charge is 0.478 e. The number of halogens is 1. The Hall–Kier alpha value is -2.37. The molecule has 0 amide bonds. The lowest BCUT2D eigenvalue weighted by molar-refractivity contribution is 0.0691. The predicted molar refractivity (Wildman–Crippen MR) is 71.4 cm³/mol. The molecule has 2 rings (SSSR count). The fraction of sp³-hybridized carbons (Fsp3) is 0.286. The molecule has 0 bridgehead atoms. The first-order valence-electron chi connectivity index (χ1n) is 6.30. The molecule has 0 aliphatic carbocycles. The second-order valence-corrected chi connectivity index (χ2v) is 4.49. The number of carboxylic acids is 1. The topological polar surface area (TPSA) is 64.2 Å². The van der Waals surface area contributed by atoms with Crippen LogP contribution in [0, 0.1) is 5.82 Å². The van der Waals surface area contributed by atoms with Gasteiger partial charge in [-0.05, 0) is 12.5 Å². The summed E-state index contributed by atoms with van der Waals surface area (Å²) in [6.45, 7) is 2.58. The van der Waals surface area contributed by atoms with E-state index in [-0.39, 0.29) is 23.4 Å². The van der Waals surface area contributed by atoms with Crippen molar-refractivity contribution < 1.29 is 14.3 Å². The number of aromatic nitrogens is 2. The number of benzene rings is 1. The number of aromatic carboxylic acids is 1. The van der Waals surface area contributed by atoms with Crippen molar-refractivity contribution in [1.82, 2.24) is 9.13 Å². The Labute approximate surface area is 114 Å². The van der Waals surface area contributed by atoms with E-state index in [1.165, 1.54) is 22.8 Å². The molecule has 6 heteroatoms.